The fourth-order valence-electron chi connectivity index (χ4n) is 5.76. The predicted octanol–water partition coefficient (Wildman–Crippen LogP) is 9.00. The molecule has 53 heavy (non-hydrogen) atoms. The van der Waals surface area contributed by atoms with Crippen LogP contribution in [0, 0.1) is 0 Å². The van der Waals surface area contributed by atoms with Crippen molar-refractivity contribution in [2.45, 2.75) is 57.5 Å². The van der Waals surface area contributed by atoms with Crippen molar-refractivity contribution in [1.82, 2.24) is 24.1 Å². The average molecular weight is 767 g/mol. The van der Waals surface area contributed by atoms with Crippen molar-refractivity contribution in [2.75, 3.05) is 25.1 Å². The number of alkyl halides is 3. The highest BCUT2D eigenvalue weighted by Crippen LogP contribution is 2.48. The molecule has 0 aliphatic rings. The normalized spacial score (nSPS) is 14.1. The molecule has 0 fully saturated rings. The number of nitrogens with zero attached hydrogens (tertiary/aromatic N) is 5. The Morgan fingerprint density at radius 1 is 0.962 bits per heavy atom. The molecular formula is C37H42F3N6O5PSi. The molecule has 3 heterocycles. The number of benzene rings is 3. The van der Waals surface area contributed by atoms with Gasteiger partial charge in [0.05, 0.1) is 46.9 Å². The molecule has 0 bridgehead atoms. The first-order chi connectivity index (χ1) is 25.3. The second-order valence-corrected chi connectivity index (χ2v) is 20.8. The maximum atomic E-state index is 13.8. The SMILES string of the molecule is C[Si](C)(C)CCOCn1nccc1-c1cnc2c(NCCCOP(=O)(O)OC(Cc3ccccc3)c3ccccc3)nc3cc(C(F)(F)F)ccc3n12. The second kappa shape index (κ2) is 16.3. The van der Waals surface area contributed by atoms with E-state index in [0.29, 0.717) is 35.6 Å². The molecule has 3 aromatic carbocycles. The van der Waals surface area contributed by atoms with E-state index in [0.717, 1.165) is 29.3 Å². The van der Waals surface area contributed by atoms with Gasteiger partial charge in [0.2, 0.25) is 0 Å². The monoisotopic (exact) mass is 766 g/mol. The van der Waals surface area contributed by atoms with E-state index < -0.39 is 33.7 Å². The number of ether oxygens (including phenoxy) is 1. The van der Waals surface area contributed by atoms with Gasteiger partial charge in [0.25, 0.3) is 0 Å². The van der Waals surface area contributed by atoms with E-state index in [2.05, 4.69) is 40.0 Å². The minimum absolute atomic E-state index is 0.0985. The third-order valence-corrected chi connectivity index (χ3v) is 11.2. The van der Waals surface area contributed by atoms with E-state index in [-0.39, 0.29) is 37.6 Å². The molecule has 0 saturated heterocycles. The first-order valence-electron chi connectivity index (χ1n) is 17.2. The lowest BCUT2D eigenvalue weighted by atomic mass is 10.0. The number of phosphoric ester groups is 1. The van der Waals surface area contributed by atoms with Gasteiger partial charge in [-0.2, -0.15) is 18.3 Å². The van der Waals surface area contributed by atoms with Crippen LogP contribution in [0.2, 0.25) is 25.7 Å². The topological polar surface area (TPSA) is 125 Å². The highest BCUT2D eigenvalue weighted by molar-refractivity contribution is 7.47. The summed E-state index contributed by atoms with van der Waals surface area (Å²) < 4.78 is 74.8. The van der Waals surface area contributed by atoms with Gasteiger partial charge in [-0.1, -0.05) is 80.3 Å². The minimum Gasteiger partial charge on any atom is -0.367 e. The molecule has 0 radical (unpaired) electrons. The minimum atomic E-state index is -4.57. The Balaban J connectivity index is 1.18. The van der Waals surface area contributed by atoms with E-state index in [9.17, 15) is 22.6 Å². The van der Waals surface area contributed by atoms with Gasteiger partial charge in [-0.15, -0.1) is 0 Å². The number of hydrogen-bond acceptors (Lipinski definition) is 8. The third kappa shape index (κ3) is 9.99. The standard InChI is InChI=1S/C37H42F3N6O5PSi/c1-53(2,3)22-21-49-26-45-32(17-19-43-45)33-25-42-36-35(44-30-24-29(37(38,39)40)15-16-31(30)46(33)36)41-18-10-20-50-52(47,48)51-34(28-13-8-5-9-14-28)23-27-11-6-4-7-12-27/h4-9,11-17,19,24-25,34H,10,18,20-23,26H2,1-3H3,(H,41,44)(H,47,48). The lowest BCUT2D eigenvalue weighted by molar-refractivity contribution is -0.137. The molecule has 0 amide bonds. The molecule has 0 aliphatic heterocycles. The zero-order valence-electron chi connectivity index (χ0n) is 29.7. The molecule has 2 N–H and O–H groups in total. The Hall–Kier alpha value is -4.37. The molecule has 16 heteroatoms. The smallest absolute Gasteiger partial charge is 0.367 e. The summed E-state index contributed by atoms with van der Waals surface area (Å²) in [5, 5.41) is 7.56. The number of aromatic nitrogens is 5. The number of nitrogens with one attached hydrogen (secondary N) is 1. The highest BCUT2D eigenvalue weighted by Gasteiger charge is 2.31. The highest BCUT2D eigenvalue weighted by atomic mass is 31.2. The Bertz CT molecular complexity index is 2180. The number of anilines is 1. The van der Waals surface area contributed by atoms with Gasteiger partial charge in [0, 0.05) is 33.8 Å². The first kappa shape index (κ1) is 38.4. The van der Waals surface area contributed by atoms with Crippen LogP contribution in [0.5, 0.6) is 0 Å². The molecule has 11 nitrogen and oxygen atoms in total. The number of phosphoric acid groups is 1. The van der Waals surface area contributed by atoms with Gasteiger partial charge in [-0.25, -0.2) is 19.2 Å². The number of imidazole rings is 1. The summed E-state index contributed by atoms with van der Waals surface area (Å²) in [6.07, 6.45) is -1.44. The van der Waals surface area contributed by atoms with Crippen molar-refractivity contribution in [1.29, 1.82) is 0 Å². The molecule has 6 aromatic rings. The van der Waals surface area contributed by atoms with Crippen LogP contribution in [0.25, 0.3) is 28.1 Å². The van der Waals surface area contributed by atoms with Crippen molar-refractivity contribution >= 4 is 38.4 Å². The third-order valence-electron chi connectivity index (χ3n) is 8.50. The fourth-order valence-corrected chi connectivity index (χ4v) is 7.45. The number of hydrogen-bond donors (Lipinski definition) is 2. The van der Waals surface area contributed by atoms with Crippen molar-refractivity contribution in [2.24, 2.45) is 0 Å². The Morgan fingerprint density at radius 2 is 1.70 bits per heavy atom. The van der Waals surface area contributed by atoms with Gasteiger partial charge in [-0.3, -0.25) is 13.4 Å². The van der Waals surface area contributed by atoms with Crippen LogP contribution < -0.4 is 5.32 Å². The van der Waals surface area contributed by atoms with E-state index in [1.165, 1.54) is 6.07 Å². The van der Waals surface area contributed by atoms with E-state index in [1.54, 1.807) is 27.5 Å². The maximum absolute atomic E-state index is 13.8. The Kier molecular flexibility index (Phi) is 11.8. The summed E-state index contributed by atoms with van der Waals surface area (Å²) in [7, 11) is -5.79. The molecule has 6 rings (SSSR count). The molecule has 3 aromatic heterocycles. The molecule has 2 atom stereocenters. The lowest BCUT2D eigenvalue weighted by Gasteiger charge is -2.21. The number of fused-ring (bicyclic) bond motifs is 3. The van der Waals surface area contributed by atoms with Crippen LogP contribution in [0.4, 0.5) is 19.0 Å². The van der Waals surface area contributed by atoms with Gasteiger partial charge < -0.3 is 14.9 Å². The van der Waals surface area contributed by atoms with Crippen LogP contribution in [-0.4, -0.2) is 56.9 Å². The number of halogens is 3. The lowest BCUT2D eigenvalue weighted by Crippen LogP contribution is -2.22. The Morgan fingerprint density at radius 3 is 2.42 bits per heavy atom. The van der Waals surface area contributed by atoms with Gasteiger partial charge in [-0.05, 0) is 47.9 Å². The van der Waals surface area contributed by atoms with Gasteiger partial charge >= 0.3 is 14.0 Å². The summed E-state index contributed by atoms with van der Waals surface area (Å²) in [5.74, 6) is 0.232. The van der Waals surface area contributed by atoms with Crippen LogP contribution in [0.3, 0.4) is 0 Å². The molecule has 280 valence electrons. The van der Waals surface area contributed by atoms with Gasteiger partial charge in [0.15, 0.2) is 11.5 Å². The molecule has 0 saturated carbocycles. The van der Waals surface area contributed by atoms with E-state index in [1.807, 2.05) is 60.7 Å². The summed E-state index contributed by atoms with van der Waals surface area (Å²) in [4.78, 5) is 19.8. The van der Waals surface area contributed by atoms with Crippen LogP contribution in [-0.2, 0) is 37.7 Å². The summed E-state index contributed by atoms with van der Waals surface area (Å²) in [6.45, 7) is 7.65. The maximum Gasteiger partial charge on any atom is 0.472 e. The van der Waals surface area contributed by atoms with E-state index >= 15 is 0 Å². The van der Waals surface area contributed by atoms with Crippen molar-refractivity contribution in [3.63, 3.8) is 0 Å². The molecule has 0 spiro atoms. The zero-order chi connectivity index (χ0) is 37.6. The van der Waals surface area contributed by atoms with E-state index in [4.69, 9.17) is 13.8 Å². The summed E-state index contributed by atoms with van der Waals surface area (Å²) in [5.41, 5.74) is 2.97. The van der Waals surface area contributed by atoms with Crippen molar-refractivity contribution < 1.29 is 36.4 Å². The average Bonchev–Trinajstić information content (AvgIpc) is 3.77. The largest absolute Gasteiger partial charge is 0.472 e. The van der Waals surface area contributed by atoms with Crippen LogP contribution >= 0.6 is 7.82 Å². The molecule has 0 aliphatic carbocycles. The van der Waals surface area contributed by atoms with Crippen molar-refractivity contribution in [3.8, 4) is 11.4 Å². The summed E-state index contributed by atoms with van der Waals surface area (Å²) in [6, 6.07) is 24.8. The predicted molar refractivity (Wildman–Crippen MR) is 200 cm³/mol. The summed E-state index contributed by atoms with van der Waals surface area (Å²) >= 11 is 0. The second-order valence-electron chi connectivity index (χ2n) is 13.8. The fraction of sp³-hybridized carbons (Fsp3) is 0.324. The zero-order valence-corrected chi connectivity index (χ0v) is 31.6. The molecule has 2 unspecified atom stereocenters. The van der Waals surface area contributed by atoms with Crippen molar-refractivity contribution in [3.05, 3.63) is 114 Å². The number of rotatable bonds is 17. The quantitative estimate of drug-likeness (QED) is 0.0532. The van der Waals surface area contributed by atoms with Crippen LogP contribution in [0.1, 0.15) is 29.2 Å². The van der Waals surface area contributed by atoms with Crippen LogP contribution in [0.15, 0.2) is 97.3 Å². The first-order valence-corrected chi connectivity index (χ1v) is 22.4. The Labute approximate surface area is 306 Å². The van der Waals surface area contributed by atoms with Gasteiger partial charge in [0.1, 0.15) is 6.73 Å². The molecular weight excluding hydrogens is 724 g/mol.